The average molecular weight is 406 g/mol. The van der Waals surface area contributed by atoms with Crippen molar-refractivity contribution in [2.45, 2.75) is 19.4 Å². The molecule has 156 valence electrons. The Bertz CT molecular complexity index is 1020. The summed E-state index contributed by atoms with van der Waals surface area (Å²) in [6.07, 6.45) is 5.57. The highest BCUT2D eigenvalue weighted by molar-refractivity contribution is 6.06. The van der Waals surface area contributed by atoms with Gasteiger partial charge in [0.15, 0.2) is 0 Å². The van der Waals surface area contributed by atoms with Crippen molar-refractivity contribution in [2.75, 3.05) is 39.4 Å². The van der Waals surface area contributed by atoms with Gasteiger partial charge in [0.25, 0.3) is 5.91 Å². The van der Waals surface area contributed by atoms with Crippen LogP contribution in [0.15, 0.2) is 42.7 Å². The molecule has 0 saturated carbocycles. The van der Waals surface area contributed by atoms with Crippen LogP contribution in [0.1, 0.15) is 28.9 Å². The molecule has 1 N–H and O–H groups in total. The number of rotatable bonds is 3. The number of aromatic amines is 1. The van der Waals surface area contributed by atoms with Gasteiger partial charge in [-0.3, -0.25) is 14.7 Å². The van der Waals surface area contributed by atoms with Gasteiger partial charge in [0, 0.05) is 55.3 Å². The van der Waals surface area contributed by atoms with Gasteiger partial charge in [0.2, 0.25) is 0 Å². The average Bonchev–Trinajstić information content (AvgIpc) is 3.21. The molecule has 1 atom stereocenters. The minimum absolute atomic E-state index is 0.0586. The highest BCUT2D eigenvalue weighted by Gasteiger charge is 2.40. The Labute approximate surface area is 175 Å². The normalized spacial score (nSPS) is 23.0. The molecule has 1 unspecified atom stereocenters. The number of carbonyl (C=O) groups excluding carboxylic acids is 1. The molecule has 0 bridgehead atoms. The van der Waals surface area contributed by atoms with Gasteiger partial charge in [-0.1, -0.05) is 12.1 Å². The van der Waals surface area contributed by atoms with E-state index in [-0.39, 0.29) is 11.3 Å². The molecule has 2 aliphatic heterocycles. The number of piperidine rings is 1. The Balaban J connectivity index is 1.37. The summed E-state index contributed by atoms with van der Waals surface area (Å²) in [4.78, 5) is 22.3. The molecule has 2 aliphatic rings. The van der Waals surface area contributed by atoms with E-state index in [0.717, 1.165) is 61.2 Å². The molecule has 2 saturated heterocycles. The number of H-pyrrole nitrogens is 1. The number of amides is 1. The molecule has 8 heteroatoms. The van der Waals surface area contributed by atoms with E-state index in [0.29, 0.717) is 19.8 Å². The van der Waals surface area contributed by atoms with Gasteiger partial charge in [0.05, 0.1) is 30.6 Å². The van der Waals surface area contributed by atoms with Crippen LogP contribution in [-0.2, 0) is 11.3 Å². The van der Waals surface area contributed by atoms with Crippen LogP contribution in [0.2, 0.25) is 0 Å². The second-order valence-electron chi connectivity index (χ2n) is 8.43. The zero-order valence-electron chi connectivity index (χ0n) is 17.0. The fourth-order valence-electron chi connectivity index (χ4n) is 4.84. The van der Waals surface area contributed by atoms with Gasteiger partial charge in [-0.15, -0.1) is 0 Å². The molecule has 1 amide bonds. The van der Waals surface area contributed by atoms with Crippen molar-refractivity contribution < 1.29 is 9.53 Å². The van der Waals surface area contributed by atoms with Crippen molar-refractivity contribution in [1.29, 1.82) is 0 Å². The lowest BCUT2D eigenvalue weighted by atomic mass is 9.79. The van der Waals surface area contributed by atoms with E-state index in [2.05, 4.69) is 25.3 Å². The van der Waals surface area contributed by atoms with Crippen LogP contribution < -0.4 is 0 Å². The number of hydrogen-bond donors (Lipinski definition) is 1. The first kappa shape index (κ1) is 19.1. The van der Waals surface area contributed by atoms with Gasteiger partial charge in [-0.2, -0.15) is 15.4 Å². The Morgan fingerprint density at radius 1 is 1.20 bits per heavy atom. The van der Waals surface area contributed by atoms with Crippen LogP contribution in [0.5, 0.6) is 0 Å². The van der Waals surface area contributed by atoms with Crippen molar-refractivity contribution in [3.63, 3.8) is 0 Å². The number of likely N-dealkylation sites (tertiary alicyclic amines) is 1. The molecular formula is C22H26N6O2. The van der Waals surface area contributed by atoms with Crippen LogP contribution in [0, 0.1) is 5.41 Å². The van der Waals surface area contributed by atoms with E-state index in [1.165, 1.54) is 0 Å². The van der Waals surface area contributed by atoms with Crippen molar-refractivity contribution in [2.24, 2.45) is 5.41 Å². The van der Waals surface area contributed by atoms with Crippen molar-refractivity contribution in [3.8, 4) is 0 Å². The van der Waals surface area contributed by atoms with Crippen LogP contribution in [-0.4, -0.2) is 75.5 Å². The Kier molecular flexibility index (Phi) is 5.18. The van der Waals surface area contributed by atoms with Crippen molar-refractivity contribution in [3.05, 3.63) is 54.0 Å². The van der Waals surface area contributed by atoms with Gasteiger partial charge >= 0.3 is 0 Å². The summed E-state index contributed by atoms with van der Waals surface area (Å²) in [5, 5.41) is 11.7. The lowest BCUT2D eigenvalue weighted by Crippen LogP contribution is -2.52. The number of benzene rings is 1. The predicted molar refractivity (Wildman–Crippen MR) is 112 cm³/mol. The maximum Gasteiger partial charge on any atom is 0.254 e. The Hall–Kier alpha value is -2.84. The minimum atomic E-state index is -0.0586. The zero-order chi connectivity index (χ0) is 20.4. The highest BCUT2D eigenvalue weighted by Crippen LogP contribution is 2.34. The number of hydrogen-bond acceptors (Lipinski definition) is 6. The highest BCUT2D eigenvalue weighted by atomic mass is 16.5. The minimum Gasteiger partial charge on any atom is -0.379 e. The lowest BCUT2D eigenvalue weighted by molar-refractivity contribution is 0.00698. The standard InChI is InChI=1S/C22H26N6O2/c29-21(19-4-1-6-20-18(19)5-2-8-23-20)28-9-3-7-22(15-28)14-27(10-11-30-16-22)13-17-12-24-26-25-17/h1-2,4-6,8,12H,3,7,9-11,13-16H2,(H,24,25,26). The SMILES string of the molecule is O=C(c1cccc2ncccc12)N1CCCC2(COCCN(Cc3cn[nH]n3)C2)C1. The molecule has 30 heavy (non-hydrogen) atoms. The Morgan fingerprint density at radius 2 is 2.17 bits per heavy atom. The zero-order valence-corrected chi connectivity index (χ0v) is 17.0. The number of carbonyl (C=O) groups is 1. The van der Waals surface area contributed by atoms with Gasteiger partial charge in [0.1, 0.15) is 0 Å². The van der Waals surface area contributed by atoms with E-state index in [9.17, 15) is 4.79 Å². The van der Waals surface area contributed by atoms with Crippen LogP contribution >= 0.6 is 0 Å². The molecule has 1 spiro atoms. The van der Waals surface area contributed by atoms with Gasteiger partial charge in [-0.05, 0) is 31.0 Å². The number of ether oxygens (including phenoxy) is 1. The molecule has 0 aliphatic carbocycles. The van der Waals surface area contributed by atoms with E-state index >= 15 is 0 Å². The fraction of sp³-hybridized carbons (Fsp3) is 0.455. The summed E-state index contributed by atoms with van der Waals surface area (Å²) in [5.74, 6) is 0.0833. The Morgan fingerprint density at radius 3 is 3.07 bits per heavy atom. The van der Waals surface area contributed by atoms with E-state index < -0.39 is 0 Å². The van der Waals surface area contributed by atoms with Crippen molar-refractivity contribution in [1.82, 2.24) is 30.2 Å². The number of nitrogens with zero attached hydrogens (tertiary/aromatic N) is 5. The van der Waals surface area contributed by atoms with Crippen LogP contribution in [0.3, 0.4) is 0 Å². The lowest BCUT2D eigenvalue weighted by Gasteiger charge is -2.43. The molecule has 5 rings (SSSR count). The van der Waals surface area contributed by atoms with E-state index in [4.69, 9.17) is 4.74 Å². The summed E-state index contributed by atoms with van der Waals surface area (Å²) in [5.41, 5.74) is 2.45. The summed E-state index contributed by atoms with van der Waals surface area (Å²) in [7, 11) is 0. The molecule has 0 radical (unpaired) electrons. The molecule has 2 aromatic heterocycles. The third-order valence-corrected chi connectivity index (χ3v) is 6.19. The maximum absolute atomic E-state index is 13.5. The molecule has 4 heterocycles. The van der Waals surface area contributed by atoms with Gasteiger partial charge in [-0.25, -0.2) is 0 Å². The first-order valence-corrected chi connectivity index (χ1v) is 10.5. The first-order chi connectivity index (χ1) is 14.7. The second-order valence-corrected chi connectivity index (χ2v) is 8.43. The molecular weight excluding hydrogens is 380 g/mol. The van der Waals surface area contributed by atoms with Crippen LogP contribution in [0.25, 0.3) is 10.9 Å². The smallest absolute Gasteiger partial charge is 0.254 e. The van der Waals surface area contributed by atoms with E-state index in [1.807, 2.05) is 35.2 Å². The maximum atomic E-state index is 13.5. The first-order valence-electron chi connectivity index (χ1n) is 10.5. The number of aromatic nitrogens is 4. The molecule has 8 nitrogen and oxygen atoms in total. The number of pyridine rings is 1. The largest absolute Gasteiger partial charge is 0.379 e. The number of fused-ring (bicyclic) bond motifs is 1. The van der Waals surface area contributed by atoms with Crippen molar-refractivity contribution >= 4 is 16.8 Å². The summed E-state index contributed by atoms with van der Waals surface area (Å²) in [6.45, 7) is 5.35. The van der Waals surface area contributed by atoms with Crippen LogP contribution in [0.4, 0.5) is 0 Å². The predicted octanol–water partition coefficient (Wildman–Crippen LogP) is 2.11. The second kappa shape index (κ2) is 8.12. The fourth-order valence-corrected chi connectivity index (χ4v) is 4.84. The topological polar surface area (TPSA) is 87.2 Å². The summed E-state index contributed by atoms with van der Waals surface area (Å²) >= 11 is 0. The third kappa shape index (κ3) is 3.80. The summed E-state index contributed by atoms with van der Waals surface area (Å²) < 4.78 is 6.01. The quantitative estimate of drug-likeness (QED) is 0.717. The summed E-state index contributed by atoms with van der Waals surface area (Å²) in [6, 6.07) is 9.64. The third-order valence-electron chi connectivity index (χ3n) is 6.19. The monoisotopic (exact) mass is 406 g/mol. The molecule has 3 aromatic rings. The van der Waals surface area contributed by atoms with E-state index in [1.54, 1.807) is 12.4 Å². The van der Waals surface area contributed by atoms with Gasteiger partial charge < -0.3 is 9.64 Å². The molecule has 1 aromatic carbocycles. The number of nitrogens with one attached hydrogen (secondary N) is 1. The molecule has 2 fully saturated rings.